The molecule has 0 amide bonds. The highest BCUT2D eigenvalue weighted by Gasteiger charge is 2.31. The van der Waals surface area contributed by atoms with Crippen molar-refractivity contribution in [2.45, 2.75) is 44.7 Å². The molecule has 1 aromatic rings. The van der Waals surface area contributed by atoms with E-state index in [0.717, 1.165) is 50.6 Å². The normalized spacial score (nSPS) is 24.3. The number of benzene rings is 1. The fourth-order valence-electron chi connectivity index (χ4n) is 4.72. The summed E-state index contributed by atoms with van der Waals surface area (Å²) in [4.78, 5) is 6.86. The van der Waals surface area contributed by atoms with Crippen molar-refractivity contribution in [3.05, 3.63) is 29.8 Å². The van der Waals surface area contributed by atoms with Crippen LogP contribution in [-0.2, 0) is 6.18 Å². The highest BCUT2D eigenvalue weighted by atomic mass is 19.4. The second kappa shape index (κ2) is 10.2. The van der Waals surface area contributed by atoms with Crippen LogP contribution in [0.15, 0.2) is 24.3 Å². The lowest BCUT2D eigenvalue weighted by molar-refractivity contribution is -0.137. The maximum atomic E-state index is 12.9. The Morgan fingerprint density at radius 2 is 1.55 bits per heavy atom. The summed E-state index contributed by atoms with van der Waals surface area (Å²) in [6.07, 6.45) is 3.80. The van der Waals surface area contributed by atoms with Crippen molar-refractivity contribution < 1.29 is 13.2 Å². The first kappa shape index (κ1) is 22.4. The zero-order valence-corrected chi connectivity index (χ0v) is 17.9. The summed E-state index contributed by atoms with van der Waals surface area (Å²) < 4.78 is 38.8. The van der Waals surface area contributed by atoms with Crippen molar-refractivity contribution in [2.24, 2.45) is 11.8 Å². The monoisotopic (exact) mass is 411 g/mol. The van der Waals surface area contributed by atoms with Crippen LogP contribution in [0.2, 0.25) is 0 Å². The van der Waals surface area contributed by atoms with Crippen LogP contribution in [-0.4, -0.2) is 63.2 Å². The van der Waals surface area contributed by atoms with Crippen LogP contribution in [0, 0.1) is 11.8 Å². The van der Waals surface area contributed by atoms with E-state index in [-0.39, 0.29) is 0 Å². The molecule has 0 unspecified atom stereocenters. The van der Waals surface area contributed by atoms with Crippen LogP contribution in [0.4, 0.5) is 18.9 Å². The summed E-state index contributed by atoms with van der Waals surface area (Å²) in [5.74, 6) is 1.76. The van der Waals surface area contributed by atoms with E-state index in [1.165, 1.54) is 57.2 Å². The first-order valence-electron chi connectivity index (χ1n) is 11.1. The van der Waals surface area contributed by atoms with Gasteiger partial charge in [0.2, 0.25) is 0 Å². The second-order valence-corrected chi connectivity index (χ2v) is 9.14. The molecule has 2 fully saturated rings. The topological polar surface area (TPSA) is 9.72 Å². The number of hydrogen-bond donors (Lipinski definition) is 0. The second-order valence-electron chi connectivity index (χ2n) is 9.14. The third-order valence-electron chi connectivity index (χ3n) is 6.72. The highest BCUT2D eigenvalue weighted by Crippen LogP contribution is 2.33. The summed E-state index contributed by atoms with van der Waals surface area (Å²) in [5.41, 5.74) is 0.133. The minimum absolute atomic E-state index is 0.557. The quantitative estimate of drug-likeness (QED) is 0.627. The van der Waals surface area contributed by atoms with Gasteiger partial charge >= 0.3 is 6.18 Å². The molecule has 0 spiro atoms. The van der Waals surface area contributed by atoms with Crippen LogP contribution in [0.3, 0.4) is 0 Å². The molecular formula is C23H36F3N3. The van der Waals surface area contributed by atoms with E-state index in [4.69, 9.17) is 0 Å². The van der Waals surface area contributed by atoms with Crippen molar-refractivity contribution >= 4 is 5.69 Å². The summed E-state index contributed by atoms with van der Waals surface area (Å²) in [6.45, 7) is 5.81. The molecule has 3 rings (SSSR count). The van der Waals surface area contributed by atoms with Crippen molar-refractivity contribution in [3.63, 3.8) is 0 Å². The number of nitrogens with zero attached hydrogens (tertiary/aromatic N) is 3. The van der Waals surface area contributed by atoms with Crippen molar-refractivity contribution in [1.29, 1.82) is 0 Å². The predicted octanol–water partition coefficient (Wildman–Crippen LogP) is 4.98. The van der Waals surface area contributed by atoms with Gasteiger partial charge < -0.3 is 9.80 Å². The van der Waals surface area contributed by atoms with Gasteiger partial charge in [-0.15, -0.1) is 0 Å². The van der Waals surface area contributed by atoms with Crippen molar-refractivity contribution in [3.8, 4) is 0 Å². The lowest BCUT2D eigenvalue weighted by atomic mass is 9.79. The van der Waals surface area contributed by atoms with Crippen LogP contribution < -0.4 is 4.90 Å². The Morgan fingerprint density at radius 3 is 2.14 bits per heavy atom. The molecule has 1 heterocycles. The summed E-state index contributed by atoms with van der Waals surface area (Å²) >= 11 is 0. The summed E-state index contributed by atoms with van der Waals surface area (Å²) in [7, 11) is 4.30. The lowest BCUT2D eigenvalue weighted by Gasteiger charge is -2.37. The van der Waals surface area contributed by atoms with E-state index in [1.54, 1.807) is 6.07 Å². The third kappa shape index (κ3) is 6.88. The average molecular weight is 412 g/mol. The SMILES string of the molecule is CN(C)CCC1CCC(CCN2CCN(c3cccc(C(F)(F)F)c3)CC2)CC1. The molecule has 0 atom stereocenters. The molecule has 0 radical (unpaired) electrons. The zero-order chi connectivity index (χ0) is 20.9. The van der Waals surface area contributed by atoms with E-state index in [1.807, 2.05) is 0 Å². The van der Waals surface area contributed by atoms with Gasteiger partial charge in [0.1, 0.15) is 0 Å². The third-order valence-corrected chi connectivity index (χ3v) is 6.72. The van der Waals surface area contributed by atoms with Gasteiger partial charge in [-0.3, -0.25) is 4.90 Å². The Labute approximate surface area is 173 Å². The molecule has 1 aliphatic heterocycles. The van der Waals surface area contributed by atoms with Crippen LogP contribution >= 0.6 is 0 Å². The van der Waals surface area contributed by atoms with Gasteiger partial charge in [-0.05, 0) is 70.1 Å². The Morgan fingerprint density at radius 1 is 0.931 bits per heavy atom. The minimum Gasteiger partial charge on any atom is -0.369 e. The van der Waals surface area contributed by atoms with Crippen molar-refractivity contribution in [1.82, 2.24) is 9.80 Å². The van der Waals surface area contributed by atoms with E-state index >= 15 is 0 Å². The Balaban J connectivity index is 1.37. The largest absolute Gasteiger partial charge is 0.416 e. The smallest absolute Gasteiger partial charge is 0.369 e. The van der Waals surface area contributed by atoms with Gasteiger partial charge in [-0.25, -0.2) is 0 Å². The maximum absolute atomic E-state index is 12.9. The number of hydrogen-bond acceptors (Lipinski definition) is 3. The van der Waals surface area contributed by atoms with Crippen molar-refractivity contribution in [2.75, 3.05) is 58.3 Å². The van der Waals surface area contributed by atoms with Crippen LogP contribution in [0.5, 0.6) is 0 Å². The minimum atomic E-state index is -4.27. The van der Waals surface area contributed by atoms with Gasteiger partial charge in [0.15, 0.2) is 0 Å². The number of piperazine rings is 1. The molecule has 164 valence electrons. The van der Waals surface area contributed by atoms with Gasteiger partial charge in [-0.1, -0.05) is 31.7 Å². The van der Waals surface area contributed by atoms with Gasteiger partial charge in [0, 0.05) is 31.9 Å². The first-order chi connectivity index (χ1) is 13.8. The number of halogens is 3. The van der Waals surface area contributed by atoms with E-state index in [0.29, 0.717) is 5.69 Å². The van der Waals surface area contributed by atoms with E-state index < -0.39 is 11.7 Å². The molecule has 29 heavy (non-hydrogen) atoms. The predicted molar refractivity (Wildman–Crippen MR) is 113 cm³/mol. The Bertz CT molecular complexity index is 616. The first-order valence-corrected chi connectivity index (χ1v) is 11.1. The molecule has 0 bridgehead atoms. The highest BCUT2D eigenvalue weighted by molar-refractivity contribution is 5.49. The fraction of sp³-hybridized carbons (Fsp3) is 0.739. The molecule has 1 saturated carbocycles. The van der Waals surface area contributed by atoms with E-state index in [9.17, 15) is 13.2 Å². The van der Waals surface area contributed by atoms with E-state index in [2.05, 4.69) is 28.8 Å². The molecule has 6 heteroatoms. The number of anilines is 1. The molecule has 1 aromatic carbocycles. The zero-order valence-electron chi connectivity index (χ0n) is 17.9. The molecular weight excluding hydrogens is 375 g/mol. The molecule has 1 saturated heterocycles. The molecule has 3 nitrogen and oxygen atoms in total. The summed E-state index contributed by atoms with van der Waals surface area (Å²) in [6, 6.07) is 5.73. The molecule has 1 aliphatic carbocycles. The fourth-order valence-corrected chi connectivity index (χ4v) is 4.72. The number of rotatable bonds is 7. The molecule has 0 aromatic heterocycles. The number of alkyl halides is 3. The van der Waals surface area contributed by atoms with Gasteiger partial charge in [0.05, 0.1) is 5.56 Å². The Kier molecular flexibility index (Phi) is 7.85. The van der Waals surface area contributed by atoms with Gasteiger partial charge in [-0.2, -0.15) is 13.2 Å². The lowest BCUT2D eigenvalue weighted by Crippen LogP contribution is -2.47. The van der Waals surface area contributed by atoms with Crippen LogP contribution in [0.1, 0.15) is 44.1 Å². The standard InChI is InChI=1S/C23H36F3N3/c1-27(2)12-10-19-6-8-20(9-7-19)11-13-28-14-16-29(17-15-28)22-5-3-4-21(18-22)23(24,25)26/h3-5,18-20H,6-17H2,1-2H3. The molecule has 2 aliphatic rings. The van der Waals surface area contributed by atoms with Crippen LogP contribution in [0.25, 0.3) is 0 Å². The Hall–Kier alpha value is -1.27. The average Bonchev–Trinajstić information content (AvgIpc) is 2.71. The molecule has 0 N–H and O–H groups in total. The maximum Gasteiger partial charge on any atom is 0.416 e. The van der Waals surface area contributed by atoms with Gasteiger partial charge in [0.25, 0.3) is 0 Å². The summed E-state index contributed by atoms with van der Waals surface area (Å²) in [5, 5.41) is 0.